The number of carbonyl (C=O) groups excluding carboxylic acids is 1. The summed E-state index contributed by atoms with van der Waals surface area (Å²) < 4.78 is 0. The molecule has 0 heterocycles. The van der Waals surface area contributed by atoms with Crippen molar-refractivity contribution in [2.45, 2.75) is 77.2 Å². The van der Waals surface area contributed by atoms with Crippen LogP contribution in [0.5, 0.6) is 0 Å². The van der Waals surface area contributed by atoms with Crippen LogP contribution >= 0.6 is 0 Å². The molecular formula is C15H27NO. The van der Waals surface area contributed by atoms with E-state index >= 15 is 0 Å². The third-order valence-electron chi connectivity index (χ3n) is 4.71. The standard InChI is InChI=1S/C15H27NO/c1-12-6-2-5-9-14(12)16-15(17)11-10-13-7-3-4-8-13/h12-14H,2-11H2,1H3,(H,16,17). The third kappa shape index (κ3) is 4.01. The van der Waals surface area contributed by atoms with E-state index < -0.39 is 0 Å². The van der Waals surface area contributed by atoms with Gasteiger partial charge in [-0.25, -0.2) is 0 Å². The SMILES string of the molecule is CC1CCCCC1NC(=O)CCC1CCCC1. The number of hydrogen-bond donors (Lipinski definition) is 1. The second-order valence-electron chi connectivity index (χ2n) is 6.12. The topological polar surface area (TPSA) is 29.1 Å². The molecule has 1 N–H and O–H groups in total. The molecule has 2 rings (SSSR count). The Balaban J connectivity index is 1.65. The van der Waals surface area contributed by atoms with E-state index in [0.29, 0.717) is 17.9 Å². The molecule has 1 amide bonds. The van der Waals surface area contributed by atoms with Gasteiger partial charge in [0.05, 0.1) is 0 Å². The molecule has 2 nitrogen and oxygen atoms in total. The molecule has 0 aromatic carbocycles. The molecule has 98 valence electrons. The van der Waals surface area contributed by atoms with Gasteiger partial charge in [0.1, 0.15) is 0 Å². The average Bonchev–Trinajstić information content (AvgIpc) is 2.82. The van der Waals surface area contributed by atoms with Crippen LogP contribution in [-0.2, 0) is 4.79 Å². The zero-order valence-electron chi connectivity index (χ0n) is 11.2. The minimum absolute atomic E-state index is 0.302. The summed E-state index contributed by atoms with van der Waals surface area (Å²) in [6.07, 6.45) is 12.5. The summed E-state index contributed by atoms with van der Waals surface area (Å²) in [5.41, 5.74) is 0. The predicted molar refractivity (Wildman–Crippen MR) is 70.8 cm³/mol. The van der Waals surface area contributed by atoms with Gasteiger partial charge in [-0.15, -0.1) is 0 Å². The van der Waals surface area contributed by atoms with Crippen molar-refractivity contribution in [1.82, 2.24) is 5.32 Å². The second kappa shape index (κ2) is 6.42. The molecule has 0 aromatic rings. The van der Waals surface area contributed by atoms with Crippen LogP contribution in [0.1, 0.15) is 71.1 Å². The van der Waals surface area contributed by atoms with Gasteiger partial charge in [-0.2, -0.15) is 0 Å². The van der Waals surface area contributed by atoms with Gasteiger partial charge >= 0.3 is 0 Å². The third-order valence-corrected chi connectivity index (χ3v) is 4.71. The van der Waals surface area contributed by atoms with Gasteiger partial charge in [-0.05, 0) is 31.1 Å². The lowest BCUT2D eigenvalue weighted by atomic mass is 9.86. The highest BCUT2D eigenvalue weighted by Gasteiger charge is 2.23. The van der Waals surface area contributed by atoms with E-state index in [0.717, 1.165) is 18.8 Å². The lowest BCUT2D eigenvalue weighted by Crippen LogP contribution is -2.41. The summed E-state index contributed by atoms with van der Waals surface area (Å²) >= 11 is 0. The van der Waals surface area contributed by atoms with E-state index in [1.807, 2.05) is 0 Å². The summed E-state index contributed by atoms with van der Waals surface area (Å²) in [6.45, 7) is 2.28. The van der Waals surface area contributed by atoms with Crippen molar-refractivity contribution in [3.63, 3.8) is 0 Å². The highest BCUT2D eigenvalue weighted by molar-refractivity contribution is 5.76. The van der Waals surface area contributed by atoms with Crippen LogP contribution in [0.25, 0.3) is 0 Å². The van der Waals surface area contributed by atoms with E-state index in [9.17, 15) is 4.79 Å². The van der Waals surface area contributed by atoms with Crippen molar-refractivity contribution in [2.75, 3.05) is 0 Å². The molecule has 2 heteroatoms. The van der Waals surface area contributed by atoms with Crippen LogP contribution in [0.4, 0.5) is 0 Å². The van der Waals surface area contributed by atoms with Crippen molar-refractivity contribution in [3.8, 4) is 0 Å². The molecule has 2 atom stereocenters. The fraction of sp³-hybridized carbons (Fsp3) is 0.933. The predicted octanol–water partition coefficient (Wildman–Crippen LogP) is 3.65. The lowest BCUT2D eigenvalue weighted by Gasteiger charge is -2.29. The highest BCUT2D eigenvalue weighted by atomic mass is 16.1. The molecule has 2 fully saturated rings. The van der Waals surface area contributed by atoms with Crippen LogP contribution in [0.2, 0.25) is 0 Å². The lowest BCUT2D eigenvalue weighted by molar-refractivity contribution is -0.122. The Morgan fingerprint density at radius 2 is 1.71 bits per heavy atom. The Kier molecular flexibility index (Phi) is 4.87. The highest BCUT2D eigenvalue weighted by Crippen LogP contribution is 2.28. The van der Waals surface area contributed by atoms with Gasteiger partial charge in [0.2, 0.25) is 5.91 Å². The summed E-state index contributed by atoms with van der Waals surface area (Å²) in [6, 6.07) is 0.458. The fourth-order valence-corrected chi connectivity index (χ4v) is 3.44. The first kappa shape index (κ1) is 12.9. The largest absolute Gasteiger partial charge is 0.353 e. The Bertz CT molecular complexity index is 245. The van der Waals surface area contributed by atoms with Gasteiger partial charge in [0, 0.05) is 12.5 Å². The van der Waals surface area contributed by atoms with Gasteiger partial charge in [0.25, 0.3) is 0 Å². The molecule has 2 saturated carbocycles. The van der Waals surface area contributed by atoms with Crippen LogP contribution in [-0.4, -0.2) is 11.9 Å². The van der Waals surface area contributed by atoms with Crippen LogP contribution in [0.15, 0.2) is 0 Å². The zero-order chi connectivity index (χ0) is 12.1. The maximum atomic E-state index is 11.9. The zero-order valence-corrected chi connectivity index (χ0v) is 11.2. The summed E-state index contributed by atoms with van der Waals surface area (Å²) in [4.78, 5) is 11.9. The molecule has 0 radical (unpaired) electrons. The first-order chi connectivity index (χ1) is 8.25. The second-order valence-corrected chi connectivity index (χ2v) is 6.12. The molecule has 2 unspecified atom stereocenters. The van der Waals surface area contributed by atoms with Crippen molar-refractivity contribution >= 4 is 5.91 Å². The number of nitrogens with one attached hydrogen (secondary N) is 1. The van der Waals surface area contributed by atoms with E-state index in [-0.39, 0.29) is 0 Å². The van der Waals surface area contributed by atoms with Crippen molar-refractivity contribution in [1.29, 1.82) is 0 Å². The monoisotopic (exact) mass is 237 g/mol. The van der Waals surface area contributed by atoms with Crippen LogP contribution in [0.3, 0.4) is 0 Å². The maximum Gasteiger partial charge on any atom is 0.220 e. The first-order valence-electron chi connectivity index (χ1n) is 7.55. The van der Waals surface area contributed by atoms with Crippen LogP contribution in [0, 0.1) is 11.8 Å². The molecule has 0 aromatic heterocycles. The molecule has 2 aliphatic carbocycles. The van der Waals surface area contributed by atoms with E-state index in [1.165, 1.54) is 51.4 Å². The fourth-order valence-electron chi connectivity index (χ4n) is 3.44. The van der Waals surface area contributed by atoms with Crippen LogP contribution < -0.4 is 5.32 Å². The number of hydrogen-bond acceptors (Lipinski definition) is 1. The van der Waals surface area contributed by atoms with E-state index in [4.69, 9.17) is 0 Å². The minimum atomic E-state index is 0.302. The molecule has 17 heavy (non-hydrogen) atoms. The van der Waals surface area contributed by atoms with Gasteiger partial charge in [-0.3, -0.25) is 4.79 Å². The average molecular weight is 237 g/mol. The maximum absolute atomic E-state index is 11.9. The Morgan fingerprint density at radius 3 is 2.41 bits per heavy atom. The summed E-state index contributed by atoms with van der Waals surface area (Å²) in [5, 5.41) is 3.25. The van der Waals surface area contributed by atoms with E-state index in [2.05, 4.69) is 12.2 Å². The number of carbonyl (C=O) groups is 1. The summed E-state index contributed by atoms with van der Waals surface area (Å²) in [5.74, 6) is 1.82. The van der Waals surface area contributed by atoms with Gasteiger partial charge in [0.15, 0.2) is 0 Å². The van der Waals surface area contributed by atoms with E-state index in [1.54, 1.807) is 0 Å². The molecular weight excluding hydrogens is 210 g/mol. The minimum Gasteiger partial charge on any atom is -0.353 e. The Morgan fingerprint density at radius 1 is 1.06 bits per heavy atom. The van der Waals surface area contributed by atoms with Gasteiger partial charge < -0.3 is 5.32 Å². The smallest absolute Gasteiger partial charge is 0.220 e. The number of rotatable bonds is 4. The first-order valence-corrected chi connectivity index (χ1v) is 7.55. The quantitative estimate of drug-likeness (QED) is 0.794. The Labute approximate surface area is 106 Å². The van der Waals surface area contributed by atoms with Crippen molar-refractivity contribution < 1.29 is 4.79 Å². The molecule has 0 spiro atoms. The molecule has 0 aliphatic heterocycles. The number of amides is 1. The molecule has 0 saturated heterocycles. The Hall–Kier alpha value is -0.530. The molecule has 2 aliphatic rings. The van der Waals surface area contributed by atoms with Crippen molar-refractivity contribution in [3.05, 3.63) is 0 Å². The van der Waals surface area contributed by atoms with Gasteiger partial charge in [-0.1, -0.05) is 45.4 Å². The normalized spacial score (nSPS) is 30.4. The molecule has 0 bridgehead atoms. The van der Waals surface area contributed by atoms with Crippen molar-refractivity contribution in [2.24, 2.45) is 11.8 Å². The summed E-state index contributed by atoms with van der Waals surface area (Å²) in [7, 11) is 0.